The van der Waals surface area contributed by atoms with E-state index in [0.717, 1.165) is 6.92 Å². The van der Waals surface area contributed by atoms with E-state index in [1.807, 2.05) is 0 Å². The summed E-state index contributed by atoms with van der Waals surface area (Å²) >= 11 is 0. The van der Waals surface area contributed by atoms with Crippen molar-refractivity contribution < 1.29 is 26.1 Å². The summed E-state index contributed by atoms with van der Waals surface area (Å²) in [6.45, 7) is 0.745. The van der Waals surface area contributed by atoms with E-state index in [9.17, 15) is 26.1 Å². The van der Waals surface area contributed by atoms with Gasteiger partial charge in [0.25, 0.3) is 10.1 Å². The number of hydrogen-bond acceptors (Lipinski definition) is 2. The summed E-state index contributed by atoms with van der Waals surface area (Å²) in [4.78, 5) is 0. The van der Waals surface area contributed by atoms with Crippen LogP contribution in [0.2, 0.25) is 0 Å². The Hall–Kier alpha value is -0.300. The van der Waals surface area contributed by atoms with Crippen LogP contribution in [0.3, 0.4) is 0 Å². The molecule has 0 amide bonds. The fourth-order valence-corrected chi connectivity index (χ4v) is 1.15. The van der Waals surface area contributed by atoms with Gasteiger partial charge in [-0.25, -0.2) is 13.2 Å². The molecule has 0 fully saturated rings. The van der Waals surface area contributed by atoms with Crippen molar-refractivity contribution in [2.45, 2.75) is 25.4 Å². The van der Waals surface area contributed by atoms with Crippen molar-refractivity contribution >= 4 is 10.1 Å². The average Bonchev–Trinajstić information content (AvgIpc) is 1.82. The van der Waals surface area contributed by atoms with Crippen molar-refractivity contribution in [2.24, 2.45) is 0 Å². The van der Waals surface area contributed by atoms with Gasteiger partial charge in [0.05, 0.1) is 0 Å². The Balaban J connectivity index is 4.14. The van der Waals surface area contributed by atoms with Gasteiger partial charge in [-0.2, -0.15) is 8.42 Å². The third-order valence-electron chi connectivity index (χ3n) is 1.15. The fraction of sp³-hybridized carbons (Fsp3) is 1.00. The molecule has 0 heterocycles. The van der Waals surface area contributed by atoms with E-state index in [-0.39, 0.29) is 0 Å². The lowest BCUT2D eigenvalue weighted by molar-refractivity contribution is 0.102. The second-order valence-corrected chi connectivity index (χ2v) is 3.81. The topological polar surface area (TPSA) is 54.0 Å². The highest BCUT2D eigenvalue weighted by Crippen LogP contribution is 2.13. The second kappa shape index (κ2) is 4.08. The molecule has 0 aliphatic rings. The molecule has 0 bridgehead atoms. The number of rotatable bonds is 4. The molecule has 3 nitrogen and oxygen atoms in total. The van der Waals surface area contributed by atoms with Gasteiger partial charge >= 0.3 is 0 Å². The van der Waals surface area contributed by atoms with Crippen LogP contribution in [-0.4, -0.2) is 32.7 Å². The summed E-state index contributed by atoms with van der Waals surface area (Å²) in [5, 5.41) is 0. The van der Waals surface area contributed by atoms with Crippen LogP contribution in [0.1, 0.15) is 6.92 Å². The third-order valence-corrected chi connectivity index (χ3v) is 1.87. The van der Waals surface area contributed by atoms with Crippen molar-refractivity contribution in [3.05, 3.63) is 0 Å². The molecule has 1 radical (unpaired) electrons. The van der Waals surface area contributed by atoms with Crippen LogP contribution in [0.15, 0.2) is 0 Å². The Labute approximate surface area is 68.3 Å². The molecule has 0 N–H and O–H groups in total. The van der Waals surface area contributed by atoms with Crippen LogP contribution in [0.4, 0.5) is 13.2 Å². The van der Waals surface area contributed by atoms with Gasteiger partial charge in [-0.1, -0.05) is 4.55 Å². The van der Waals surface area contributed by atoms with E-state index in [2.05, 4.69) is 0 Å². The van der Waals surface area contributed by atoms with Crippen LogP contribution >= 0.6 is 0 Å². The van der Waals surface area contributed by atoms with E-state index in [4.69, 9.17) is 0 Å². The highest BCUT2D eigenvalue weighted by Gasteiger charge is 2.30. The molecule has 7 heteroatoms. The molecular weight excluding hydrogens is 197 g/mol. The lowest BCUT2D eigenvalue weighted by Gasteiger charge is -2.11. The molecule has 0 rings (SSSR count). The van der Waals surface area contributed by atoms with Crippen molar-refractivity contribution in [1.29, 1.82) is 0 Å². The predicted octanol–water partition coefficient (Wildman–Crippen LogP) is 0.781. The molecule has 12 heavy (non-hydrogen) atoms. The molecule has 3 unspecified atom stereocenters. The molecule has 0 aromatic rings. The van der Waals surface area contributed by atoms with E-state index in [1.165, 1.54) is 0 Å². The van der Waals surface area contributed by atoms with Gasteiger partial charge in [-0.15, -0.1) is 0 Å². The molecular formula is C5H8F3O3S. The molecule has 73 valence electrons. The van der Waals surface area contributed by atoms with Gasteiger partial charge in [0.15, 0.2) is 12.3 Å². The first-order valence-corrected chi connectivity index (χ1v) is 4.67. The summed E-state index contributed by atoms with van der Waals surface area (Å²) in [6.07, 6.45) is -7.28. The third kappa shape index (κ3) is 4.55. The highest BCUT2D eigenvalue weighted by molar-refractivity contribution is 7.85. The van der Waals surface area contributed by atoms with Crippen molar-refractivity contribution in [3.8, 4) is 0 Å². The first-order valence-electron chi connectivity index (χ1n) is 3.10. The van der Waals surface area contributed by atoms with Gasteiger partial charge in [-0.3, -0.25) is 0 Å². The molecule has 0 aromatic heterocycles. The number of alkyl halides is 3. The first-order chi connectivity index (χ1) is 5.24. The van der Waals surface area contributed by atoms with Gasteiger partial charge in [0, 0.05) is 0 Å². The minimum Gasteiger partial charge on any atom is -0.244 e. The fourth-order valence-electron chi connectivity index (χ4n) is 0.575. The minimum absolute atomic E-state index is 0.745. The summed E-state index contributed by atoms with van der Waals surface area (Å²) in [5.74, 6) is -1.53. The lowest BCUT2D eigenvalue weighted by atomic mass is 10.2. The zero-order chi connectivity index (χ0) is 9.94. The van der Waals surface area contributed by atoms with Crippen molar-refractivity contribution in [2.75, 3.05) is 5.75 Å². The Morgan fingerprint density at radius 3 is 1.92 bits per heavy atom. The van der Waals surface area contributed by atoms with Crippen LogP contribution in [0.5, 0.6) is 0 Å². The number of hydrogen-bond donors (Lipinski definition) is 0. The molecule has 0 aromatic carbocycles. The molecule has 0 spiro atoms. The molecule has 0 aliphatic heterocycles. The van der Waals surface area contributed by atoms with E-state index in [0.29, 0.717) is 0 Å². The monoisotopic (exact) mass is 205 g/mol. The summed E-state index contributed by atoms with van der Waals surface area (Å²) in [6, 6.07) is 0. The Kier molecular flexibility index (Phi) is 3.98. The average molecular weight is 205 g/mol. The predicted molar refractivity (Wildman–Crippen MR) is 34.8 cm³/mol. The second-order valence-electron chi connectivity index (χ2n) is 2.36. The van der Waals surface area contributed by atoms with Crippen molar-refractivity contribution in [1.82, 2.24) is 0 Å². The Morgan fingerprint density at radius 2 is 1.67 bits per heavy atom. The van der Waals surface area contributed by atoms with Crippen molar-refractivity contribution in [3.63, 3.8) is 0 Å². The largest absolute Gasteiger partial charge is 0.297 e. The summed E-state index contributed by atoms with van der Waals surface area (Å²) < 4.78 is 66.3. The maximum absolute atomic E-state index is 12.3. The zero-order valence-corrected chi connectivity index (χ0v) is 7.02. The van der Waals surface area contributed by atoms with E-state index in [1.54, 1.807) is 0 Å². The lowest BCUT2D eigenvalue weighted by Crippen LogP contribution is -2.31. The maximum atomic E-state index is 12.3. The van der Waals surface area contributed by atoms with Gasteiger partial charge in [0.2, 0.25) is 0 Å². The zero-order valence-electron chi connectivity index (χ0n) is 6.21. The van der Waals surface area contributed by atoms with Crippen LogP contribution < -0.4 is 0 Å². The highest BCUT2D eigenvalue weighted by atomic mass is 32.2. The van der Waals surface area contributed by atoms with E-state index < -0.39 is 34.4 Å². The Morgan fingerprint density at radius 1 is 1.25 bits per heavy atom. The Bertz CT molecular complexity index is 226. The first kappa shape index (κ1) is 11.7. The summed E-state index contributed by atoms with van der Waals surface area (Å²) in [5.41, 5.74) is 0. The van der Waals surface area contributed by atoms with Gasteiger partial charge < -0.3 is 0 Å². The molecule has 0 saturated carbocycles. The quantitative estimate of drug-likeness (QED) is 0.681. The SMILES string of the molecule is CC(F)C(F)C(F)CS([O])(=O)=O. The molecule has 3 atom stereocenters. The van der Waals surface area contributed by atoms with Gasteiger partial charge in [0.1, 0.15) is 11.9 Å². The van der Waals surface area contributed by atoms with Crippen LogP contribution in [0, 0.1) is 0 Å². The van der Waals surface area contributed by atoms with E-state index >= 15 is 0 Å². The normalized spacial score (nSPS) is 20.1. The molecule has 0 aliphatic carbocycles. The minimum atomic E-state index is -4.83. The smallest absolute Gasteiger partial charge is 0.244 e. The number of halogens is 3. The maximum Gasteiger partial charge on any atom is 0.297 e. The van der Waals surface area contributed by atoms with Crippen LogP contribution in [0.25, 0.3) is 0 Å². The van der Waals surface area contributed by atoms with Crippen LogP contribution in [-0.2, 0) is 14.7 Å². The molecule has 0 saturated heterocycles. The standard InChI is InChI=1S/C5H8F3O3S/c1-3(6)5(8)4(7)2-12(9,10)11/h3-5H,2H2,1H3. The summed E-state index contributed by atoms with van der Waals surface area (Å²) in [7, 11) is -4.83. The van der Waals surface area contributed by atoms with Gasteiger partial charge in [-0.05, 0) is 6.92 Å².